The third kappa shape index (κ3) is 4.57. The van der Waals surface area contributed by atoms with Crippen LogP contribution in [0.3, 0.4) is 0 Å². The minimum atomic E-state index is 0.373. The average molecular weight is 289 g/mol. The fourth-order valence-electron chi connectivity index (χ4n) is 2.89. The fourth-order valence-corrected chi connectivity index (χ4v) is 2.89. The molecule has 1 N–H and O–H groups in total. The summed E-state index contributed by atoms with van der Waals surface area (Å²) < 4.78 is 0. The van der Waals surface area contributed by atoms with Gasteiger partial charge in [0.05, 0.1) is 0 Å². The number of phenolic OH excluding ortho intramolecular Hbond substituents is 1. The molecule has 1 aliphatic heterocycles. The van der Waals surface area contributed by atoms with E-state index in [1.165, 1.54) is 24.9 Å². The summed E-state index contributed by atoms with van der Waals surface area (Å²) in [6, 6.07) is 5.57. The van der Waals surface area contributed by atoms with Gasteiger partial charge in [-0.25, -0.2) is 0 Å². The summed E-state index contributed by atoms with van der Waals surface area (Å²) >= 11 is 0. The highest BCUT2D eigenvalue weighted by atomic mass is 16.3. The summed E-state index contributed by atoms with van der Waals surface area (Å²) in [5.74, 6) is 1.27. The molecular weight excluding hydrogens is 262 g/mol. The van der Waals surface area contributed by atoms with Crippen LogP contribution in [0.2, 0.25) is 0 Å². The molecule has 0 aromatic rings. The van der Waals surface area contributed by atoms with Gasteiger partial charge in [-0.15, -0.1) is 0 Å². The number of phenols is 1. The molecule has 0 amide bonds. The van der Waals surface area contributed by atoms with Crippen molar-refractivity contribution in [2.45, 2.75) is 46.0 Å². The van der Waals surface area contributed by atoms with E-state index in [9.17, 15) is 4.79 Å². The van der Waals surface area contributed by atoms with E-state index in [2.05, 4.69) is 11.8 Å². The minimum absolute atomic E-state index is 0.373. The van der Waals surface area contributed by atoms with Gasteiger partial charge in [-0.3, -0.25) is 4.79 Å². The third-order valence-corrected chi connectivity index (χ3v) is 4.44. The highest BCUT2D eigenvalue weighted by molar-refractivity contribution is 5.86. The van der Waals surface area contributed by atoms with Gasteiger partial charge in [0, 0.05) is 17.9 Å². The first-order chi connectivity index (χ1) is 10.2. The summed E-state index contributed by atoms with van der Waals surface area (Å²) in [5, 5.41) is 8.78. The zero-order chi connectivity index (χ0) is 15.2. The fraction of sp³-hybridized carbons (Fsp3) is 0.611. The van der Waals surface area contributed by atoms with Crippen LogP contribution in [-0.2, 0) is 4.79 Å². The monoisotopic (exact) mass is 289 g/mol. The number of likely N-dealkylation sites (tertiary alicyclic amines) is 1. The van der Waals surface area contributed by atoms with Crippen molar-refractivity contribution >= 4 is 5.78 Å². The summed E-state index contributed by atoms with van der Waals surface area (Å²) in [7, 11) is 0. The number of benzene rings is 1. The molecule has 3 rings (SSSR count). The Morgan fingerprint density at radius 1 is 1.29 bits per heavy atom. The number of Topliss-reactive ketones (excluding diaryl/α,β-unsaturated/α-hetero) is 1. The largest absolute Gasteiger partial charge is 0.507 e. The number of piperidine rings is 1. The Kier molecular flexibility index (Phi) is 5.80. The molecule has 0 bridgehead atoms. The maximum absolute atomic E-state index is 11.5. The number of hydrogen-bond acceptors (Lipinski definition) is 3. The molecule has 116 valence electrons. The molecule has 0 atom stereocenters. The second-order valence-corrected chi connectivity index (χ2v) is 6.02. The number of unbranched alkanes of at least 4 members (excludes halogenated alkanes) is 1. The number of rotatable bonds is 5. The van der Waals surface area contributed by atoms with Crippen molar-refractivity contribution in [2.24, 2.45) is 5.92 Å². The smallest absolute Gasteiger partial charge is 0.135 e. The molecule has 21 heavy (non-hydrogen) atoms. The van der Waals surface area contributed by atoms with Crippen LogP contribution in [0.5, 0.6) is 5.75 Å². The van der Waals surface area contributed by atoms with Crippen molar-refractivity contribution in [3.63, 3.8) is 0 Å². The minimum Gasteiger partial charge on any atom is -0.507 e. The number of carbonyl (C=O) groups excluding carboxylic acids is 1. The zero-order valence-electron chi connectivity index (χ0n) is 13.3. The number of carbonyl (C=O) groups is 1. The summed E-state index contributed by atoms with van der Waals surface area (Å²) in [5.41, 5.74) is 2.22. The molecule has 0 radical (unpaired) electrons. The van der Waals surface area contributed by atoms with Crippen molar-refractivity contribution in [3.05, 3.63) is 18.2 Å². The highest BCUT2D eigenvalue weighted by Gasteiger charge is 2.22. The van der Waals surface area contributed by atoms with Crippen LogP contribution < -0.4 is 0 Å². The van der Waals surface area contributed by atoms with Crippen LogP contribution in [0.15, 0.2) is 18.2 Å². The Morgan fingerprint density at radius 3 is 2.38 bits per heavy atom. The topological polar surface area (TPSA) is 40.5 Å². The van der Waals surface area contributed by atoms with Crippen LogP contribution in [0.1, 0.15) is 46.0 Å². The van der Waals surface area contributed by atoms with Gasteiger partial charge in [0.15, 0.2) is 0 Å². The SMILES string of the molecule is CCCCN1CCC(C(=O)CC)CC1.Oc1ccc2cc1-2. The van der Waals surface area contributed by atoms with E-state index in [1.807, 2.05) is 19.1 Å². The van der Waals surface area contributed by atoms with Crippen LogP contribution in [0, 0.1) is 5.92 Å². The van der Waals surface area contributed by atoms with Crippen LogP contribution in [0.25, 0.3) is 11.1 Å². The molecule has 0 unspecified atom stereocenters. The average Bonchev–Trinajstić information content (AvgIpc) is 3.23. The van der Waals surface area contributed by atoms with Gasteiger partial charge < -0.3 is 10.0 Å². The van der Waals surface area contributed by atoms with Crippen molar-refractivity contribution in [2.75, 3.05) is 19.6 Å². The lowest BCUT2D eigenvalue weighted by Crippen LogP contribution is -2.36. The van der Waals surface area contributed by atoms with Gasteiger partial charge in [-0.2, -0.15) is 0 Å². The molecule has 1 saturated heterocycles. The van der Waals surface area contributed by atoms with Crippen molar-refractivity contribution in [1.82, 2.24) is 4.90 Å². The second-order valence-electron chi connectivity index (χ2n) is 6.02. The maximum atomic E-state index is 11.5. The number of hydrogen-bond donors (Lipinski definition) is 1. The molecule has 3 nitrogen and oxygen atoms in total. The summed E-state index contributed by atoms with van der Waals surface area (Å²) in [6.45, 7) is 7.70. The van der Waals surface area contributed by atoms with Gasteiger partial charge in [0.2, 0.25) is 0 Å². The number of fused-ring (bicyclic) bond motifs is 1. The van der Waals surface area contributed by atoms with Crippen molar-refractivity contribution < 1.29 is 9.90 Å². The lowest BCUT2D eigenvalue weighted by atomic mass is 9.91. The first-order valence-electron chi connectivity index (χ1n) is 8.24. The van der Waals surface area contributed by atoms with E-state index in [0.29, 0.717) is 17.5 Å². The molecule has 0 spiro atoms. The van der Waals surface area contributed by atoms with E-state index < -0.39 is 0 Å². The first-order valence-corrected chi connectivity index (χ1v) is 8.24. The lowest BCUT2D eigenvalue weighted by Gasteiger charge is -2.30. The Morgan fingerprint density at radius 2 is 2.00 bits per heavy atom. The van der Waals surface area contributed by atoms with E-state index in [4.69, 9.17) is 5.11 Å². The molecule has 1 fully saturated rings. The number of aromatic hydroxyl groups is 1. The van der Waals surface area contributed by atoms with Crippen LogP contribution in [-0.4, -0.2) is 35.4 Å². The summed E-state index contributed by atoms with van der Waals surface area (Å²) in [4.78, 5) is 14.0. The molecule has 1 heterocycles. The highest BCUT2D eigenvalue weighted by Crippen LogP contribution is 2.42. The van der Waals surface area contributed by atoms with Crippen molar-refractivity contribution in [3.8, 4) is 16.9 Å². The van der Waals surface area contributed by atoms with Gasteiger partial charge in [0.1, 0.15) is 11.5 Å². The molecule has 0 aromatic carbocycles. The standard InChI is InChI=1S/C12H23NO.C6H4O/c1-3-5-8-13-9-6-11(7-10-13)12(14)4-2;7-6-2-1-4-3-5(4)6/h11H,3-10H2,1-2H3;1-3,7H. The lowest BCUT2D eigenvalue weighted by molar-refractivity contribution is -0.123. The normalized spacial score (nSPS) is 17.0. The van der Waals surface area contributed by atoms with Gasteiger partial charge in [0.25, 0.3) is 0 Å². The van der Waals surface area contributed by atoms with E-state index >= 15 is 0 Å². The van der Waals surface area contributed by atoms with Gasteiger partial charge >= 0.3 is 0 Å². The van der Waals surface area contributed by atoms with Gasteiger partial charge in [-0.05, 0) is 56.6 Å². The molecular formula is C18H27NO2. The number of nitrogens with zero attached hydrogens (tertiary/aromatic N) is 1. The van der Waals surface area contributed by atoms with Crippen LogP contribution in [0.4, 0.5) is 0 Å². The van der Waals surface area contributed by atoms with Gasteiger partial charge in [-0.1, -0.05) is 26.3 Å². The quantitative estimate of drug-likeness (QED) is 0.909. The molecule has 0 aromatic heterocycles. The Bertz CT molecular complexity index is 476. The zero-order valence-corrected chi connectivity index (χ0v) is 13.3. The molecule has 3 heteroatoms. The second kappa shape index (κ2) is 7.60. The predicted octanol–water partition coefficient (Wildman–Crippen LogP) is 3.85. The predicted molar refractivity (Wildman–Crippen MR) is 86.5 cm³/mol. The Hall–Kier alpha value is -1.35. The van der Waals surface area contributed by atoms with E-state index in [-0.39, 0.29) is 0 Å². The maximum Gasteiger partial charge on any atom is 0.135 e. The summed E-state index contributed by atoms with van der Waals surface area (Å²) in [6.07, 6.45) is 5.48. The first kappa shape index (κ1) is 16.0. The Balaban J connectivity index is 0.000000189. The van der Waals surface area contributed by atoms with Crippen LogP contribution >= 0.6 is 0 Å². The third-order valence-electron chi connectivity index (χ3n) is 4.44. The molecule has 3 aliphatic rings. The number of ketones is 1. The molecule has 2 aliphatic carbocycles. The van der Waals surface area contributed by atoms with Crippen molar-refractivity contribution in [1.29, 1.82) is 0 Å². The molecule has 0 saturated carbocycles. The Labute approximate surface area is 128 Å². The van der Waals surface area contributed by atoms with E-state index in [1.54, 1.807) is 6.07 Å². The van der Waals surface area contributed by atoms with E-state index in [0.717, 1.165) is 37.9 Å².